The van der Waals surface area contributed by atoms with E-state index in [1.54, 1.807) is 7.11 Å². The number of aryl methyl sites for hydroxylation is 2. The van der Waals surface area contributed by atoms with Gasteiger partial charge in [-0.25, -0.2) is 4.98 Å². The normalized spacial score (nSPS) is 10.9. The Kier molecular flexibility index (Phi) is 4.86. The van der Waals surface area contributed by atoms with Gasteiger partial charge < -0.3 is 14.6 Å². The van der Waals surface area contributed by atoms with E-state index in [2.05, 4.69) is 19.8 Å². The summed E-state index contributed by atoms with van der Waals surface area (Å²) in [6, 6.07) is 0. The van der Waals surface area contributed by atoms with Crippen molar-refractivity contribution in [3.63, 3.8) is 0 Å². The molecule has 2 aromatic heterocycles. The van der Waals surface area contributed by atoms with Crippen LogP contribution in [0.4, 0.5) is 5.13 Å². The molecule has 2 heterocycles. The molecule has 0 saturated carbocycles. The van der Waals surface area contributed by atoms with Crippen molar-refractivity contribution >= 4 is 16.7 Å². The number of anilines is 1. The maximum atomic E-state index is 5.14. The molecule has 2 rings (SSSR count). The summed E-state index contributed by atoms with van der Waals surface area (Å²) in [4.78, 5) is 4.31. The SMILES string of the molecule is COCc1nsc(NCCCc2c(C)noc2C)n1. The van der Waals surface area contributed by atoms with Gasteiger partial charge in [-0.1, -0.05) is 5.16 Å². The summed E-state index contributed by atoms with van der Waals surface area (Å²) in [7, 11) is 1.64. The first kappa shape index (κ1) is 14.0. The van der Waals surface area contributed by atoms with E-state index in [0.29, 0.717) is 6.61 Å². The van der Waals surface area contributed by atoms with Crippen LogP contribution in [0.25, 0.3) is 0 Å². The minimum Gasteiger partial charge on any atom is -0.377 e. The van der Waals surface area contributed by atoms with Crippen LogP contribution in [0.1, 0.15) is 29.3 Å². The quantitative estimate of drug-likeness (QED) is 0.786. The van der Waals surface area contributed by atoms with Crippen molar-refractivity contribution in [2.75, 3.05) is 19.0 Å². The zero-order chi connectivity index (χ0) is 13.7. The molecule has 0 aromatic carbocycles. The Balaban J connectivity index is 1.74. The number of hydrogen-bond acceptors (Lipinski definition) is 7. The first-order chi connectivity index (χ1) is 9.20. The predicted molar refractivity (Wildman–Crippen MR) is 73.4 cm³/mol. The summed E-state index contributed by atoms with van der Waals surface area (Å²) >= 11 is 1.36. The van der Waals surface area contributed by atoms with Gasteiger partial charge in [-0.15, -0.1) is 0 Å². The maximum absolute atomic E-state index is 5.14. The third-order valence-corrected chi connectivity index (χ3v) is 3.51. The molecule has 0 aliphatic rings. The van der Waals surface area contributed by atoms with Crippen LogP contribution in [0, 0.1) is 13.8 Å². The Bertz CT molecular complexity index is 504. The van der Waals surface area contributed by atoms with Gasteiger partial charge in [0.1, 0.15) is 12.4 Å². The number of ether oxygens (including phenoxy) is 1. The van der Waals surface area contributed by atoms with Gasteiger partial charge in [-0.05, 0) is 26.7 Å². The molecule has 19 heavy (non-hydrogen) atoms. The van der Waals surface area contributed by atoms with E-state index in [4.69, 9.17) is 9.26 Å². The van der Waals surface area contributed by atoms with Crippen molar-refractivity contribution in [1.29, 1.82) is 0 Å². The highest BCUT2D eigenvalue weighted by atomic mass is 32.1. The summed E-state index contributed by atoms with van der Waals surface area (Å²) in [6.45, 7) is 5.23. The fourth-order valence-corrected chi connectivity index (χ4v) is 2.43. The Morgan fingerprint density at radius 1 is 1.37 bits per heavy atom. The molecule has 0 atom stereocenters. The molecule has 0 bridgehead atoms. The van der Waals surface area contributed by atoms with Crippen molar-refractivity contribution in [2.45, 2.75) is 33.3 Å². The van der Waals surface area contributed by atoms with Gasteiger partial charge in [0.25, 0.3) is 0 Å². The second-order valence-electron chi connectivity index (χ2n) is 4.28. The van der Waals surface area contributed by atoms with Crippen LogP contribution in [0.5, 0.6) is 0 Å². The zero-order valence-corrected chi connectivity index (χ0v) is 12.2. The third-order valence-electron chi connectivity index (χ3n) is 2.80. The van der Waals surface area contributed by atoms with Crippen LogP contribution in [0.3, 0.4) is 0 Å². The molecular formula is C12H18N4O2S. The van der Waals surface area contributed by atoms with E-state index in [-0.39, 0.29) is 0 Å². The van der Waals surface area contributed by atoms with Gasteiger partial charge in [0, 0.05) is 30.8 Å². The molecule has 2 aromatic rings. The van der Waals surface area contributed by atoms with E-state index in [1.165, 1.54) is 17.1 Å². The first-order valence-corrected chi connectivity index (χ1v) is 6.95. The van der Waals surface area contributed by atoms with Gasteiger partial charge in [-0.3, -0.25) is 0 Å². The molecule has 0 unspecified atom stereocenters. The summed E-state index contributed by atoms with van der Waals surface area (Å²) < 4.78 is 14.3. The summed E-state index contributed by atoms with van der Waals surface area (Å²) in [6.07, 6.45) is 1.96. The molecule has 0 amide bonds. The second-order valence-corrected chi connectivity index (χ2v) is 5.03. The molecule has 7 heteroatoms. The second kappa shape index (κ2) is 6.63. The van der Waals surface area contributed by atoms with Crippen LogP contribution >= 0.6 is 11.5 Å². The van der Waals surface area contributed by atoms with E-state index in [9.17, 15) is 0 Å². The maximum Gasteiger partial charge on any atom is 0.202 e. The van der Waals surface area contributed by atoms with Crippen LogP contribution in [-0.2, 0) is 17.8 Å². The first-order valence-electron chi connectivity index (χ1n) is 6.18. The average Bonchev–Trinajstić information content (AvgIpc) is 2.95. The topological polar surface area (TPSA) is 73.1 Å². The molecule has 0 spiro atoms. The predicted octanol–water partition coefficient (Wildman–Crippen LogP) is 2.33. The van der Waals surface area contributed by atoms with Crippen molar-refractivity contribution in [3.05, 3.63) is 22.8 Å². The Labute approximate surface area is 116 Å². The smallest absolute Gasteiger partial charge is 0.202 e. The Hall–Kier alpha value is -1.47. The number of methoxy groups -OCH3 is 1. The van der Waals surface area contributed by atoms with E-state index in [1.807, 2.05) is 13.8 Å². The van der Waals surface area contributed by atoms with Gasteiger partial charge >= 0.3 is 0 Å². The largest absolute Gasteiger partial charge is 0.377 e. The van der Waals surface area contributed by atoms with Crippen LogP contribution in [0.15, 0.2) is 4.52 Å². The van der Waals surface area contributed by atoms with Crippen molar-refractivity contribution in [3.8, 4) is 0 Å². The van der Waals surface area contributed by atoms with Crippen LogP contribution < -0.4 is 5.32 Å². The number of aromatic nitrogens is 3. The molecular weight excluding hydrogens is 264 g/mol. The lowest BCUT2D eigenvalue weighted by molar-refractivity contribution is 0.179. The molecule has 0 radical (unpaired) electrons. The Morgan fingerprint density at radius 3 is 2.89 bits per heavy atom. The molecule has 6 nitrogen and oxygen atoms in total. The molecule has 0 aliphatic heterocycles. The summed E-state index contributed by atoms with van der Waals surface area (Å²) in [5.74, 6) is 1.64. The fraction of sp³-hybridized carbons (Fsp3) is 0.583. The number of nitrogens with one attached hydrogen (secondary N) is 1. The lowest BCUT2D eigenvalue weighted by atomic mass is 10.1. The van der Waals surface area contributed by atoms with Crippen LogP contribution in [-0.4, -0.2) is 28.2 Å². The van der Waals surface area contributed by atoms with Crippen molar-refractivity contribution < 1.29 is 9.26 Å². The van der Waals surface area contributed by atoms with Gasteiger partial charge in [0.2, 0.25) is 5.13 Å². The fourth-order valence-electron chi connectivity index (χ4n) is 1.83. The molecule has 0 aliphatic carbocycles. The van der Waals surface area contributed by atoms with Crippen molar-refractivity contribution in [2.24, 2.45) is 0 Å². The van der Waals surface area contributed by atoms with Crippen LogP contribution in [0.2, 0.25) is 0 Å². The molecule has 0 saturated heterocycles. The molecule has 0 fully saturated rings. The highest BCUT2D eigenvalue weighted by molar-refractivity contribution is 7.09. The summed E-state index contributed by atoms with van der Waals surface area (Å²) in [5, 5.41) is 8.05. The van der Waals surface area contributed by atoms with E-state index in [0.717, 1.165) is 41.8 Å². The van der Waals surface area contributed by atoms with E-state index < -0.39 is 0 Å². The van der Waals surface area contributed by atoms with E-state index >= 15 is 0 Å². The summed E-state index contributed by atoms with van der Waals surface area (Å²) in [5.41, 5.74) is 2.19. The van der Waals surface area contributed by atoms with Crippen molar-refractivity contribution in [1.82, 2.24) is 14.5 Å². The lowest BCUT2D eigenvalue weighted by Gasteiger charge is -2.02. The minimum absolute atomic E-state index is 0.456. The Morgan fingerprint density at radius 2 is 2.21 bits per heavy atom. The minimum atomic E-state index is 0.456. The molecule has 104 valence electrons. The third kappa shape index (κ3) is 3.74. The van der Waals surface area contributed by atoms with Gasteiger partial charge in [-0.2, -0.15) is 4.37 Å². The molecule has 1 N–H and O–H groups in total. The highest BCUT2D eigenvalue weighted by Crippen LogP contribution is 2.15. The highest BCUT2D eigenvalue weighted by Gasteiger charge is 2.08. The standard InChI is InChI=1S/C12H18N4O2S/c1-8-10(9(2)18-15-8)5-4-6-13-12-14-11(7-17-3)16-19-12/h4-7H2,1-3H3,(H,13,14,16). The number of nitrogens with zero attached hydrogens (tertiary/aromatic N) is 3. The lowest BCUT2D eigenvalue weighted by Crippen LogP contribution is -2.03. The zero-order valence-electron chi connectivity index (χ0n) is 11.4. The monoisotopic (exact) mass is 282 g/mol. The number of hydrogen-bond donors (Lipinski definition) is 1. The van der Waals surface area contributed by atoms with Gasteiger partial charge in [0.15, 0.2) is 5.82 Å². The number of rotatable bonds is 7. The van der Waals surface area contributed by atoms with Gasteiger partial charge in [0.05, 0.1) is 5.69 Å². The average molecular weight is 282 g/mol.